The Morgan fingerprint density at radius 2 is 1.88 bits per heavy atom. The van der Waals surface area contributed by atoms with Crippen molar-refractivity contribution in [3.05, 3.63) is 57.8 Å². The van der Waals surface area contributed by atoms with Gasteiger partial charge in [0.25, 0.3) is 0 Å². The summed E-state index contributed by atoms with van der Waals surface area (Å²) >= 11 is 1.50. The van der Waals surface area contributed by atoms with Gasteiger partial charge in [0, 0.05) is 11.7 Å². The Bertz CT molecular complexity index is 1000. The molecule has 0 bridgehead atoms. The van der Waals surface area contributed by atoms with Crippen LogP contribution in [0.2, 0.25) is 0 Å². The number of benzene rings is 1. The van der Waals surface area contributed by atoms with E-state index < -0.39 is 0 Å². The number of esters is 1. The molecule has 170 valence electrons. The molecule has 0 radical (unpaired) electrons. The fraction of sp³-hybridized carbons (Fsp3) is 0.480. The van der Waals surface area contributed by atoms with Gasteiger partial charge >= 0.3 is 5.97 Å². The Balaban J connectivity index is 1.71. The van der Waals surface area contributed by atoms with E-state index in [9.17, 15) is 9.59 Å². The molecular formula is C25H31N3O3S. The molecule has 1 aromatic rings. The highest BCUT2D eigenvalue weighted by molar-refractivity contribution is 8.16. The topological polar surface area (TPSA) is 71.0 Å². The smallest absolute Gasteiger partial charge is 0.338 e. The van der Waals surface area contributed by atoms with Gasteiger partial charge in [0.15, 0.2) is 5.17 Å². The van der Waals surface area contributed by atoms with Gasteiger partial charge in [-0.05, 0) is 56.1 Å². The first-order valence-electron chi connectivity index (χ1n) is 11.3. The van der Waals surface area contributed by atoms with Gasteiger partial charge in [0.05, 0.1) is 29.8 Å². The van der Waals surface area contributed by atoms with Gasteiger partial charge in [0.1, 0.15) is 0 Å². The van der Waals surface area contributed by atoms with Crippen molar-refractivity contribution in [3.63, 3.8) is 0 Å². The SMILES string of the molecule is CC1=C(C(=O)OC(C)C)[C@H](c2ccc(C(C)C)cc2)N2C(CC(=O)NC3CC3)=CSC2=N1. The summed E-state index contributed by atoms with van der Waals surface area (Å²) in [5, 5.41) is 5.83. The molecule has 0 spiro atoms. The van der Waals surface area contributed by atoms with E-state index in [1.807, 2.05) is 31.1 Å². The highest BCUT2D eigenvalue weighted by Crippen LogP contribution is 2.45. The zero-order chi connectivity index (χ0) is 23.0. The van der Waals surface area contributed by atoms with Crippen LogP contribution in [0.15, 0.2) is 51.6 Å². The minimum Gasteiger partial charge on any atom is -0.459 e. The van der Waals surface area contributed by atoms with Gasteiger partial charge in [-0.3, -0.25) is 4.79 Å². The summed E-state index contributed by atoms with van der Waals surface area (Å²) in [4.78, 5) is 32.5. The lowest BCUT2D eigenvalue weighted by molar-refractivity contribution is -0.143. The molecule has 3 aliphatic rings. The van der Waals surface area contributed by atoms with E-state index in [4.69, 9.17) is 9.73 Å². The zero-order valence-electron chi connectivity index (χ0n) is 19.3. The van der Waals surface area contributed by atoms with Gasteiger partial charge in [0.2, 0.25) is 5.91 Å². The van der Waals surface area contributed by atoms with Crippen molar-refractivity contribution >= 4 is 28.8 Å². The molecule has 1 amide bonds. The fourth-order valence-corrected chi connectivity index (χ4v) is 4.92. The second-order valence-electron chi connectivity index (χ2n) is 9.19. The number of amides is 1. The number of aliphatic imine (C=N–C) groups is 1. The zero-order valence-corrected chi connectivity index (χ0v) is 20.2. The van der Waals surface area contributed by atoms with Crippen LogP contribution in [0.4, 0.5) is 0 Å². The highest BCUT2D eigenvalue weighted by atomic mass is 32.2. The van der Waals surface area contributed by atoms with E-state index in [0.29, 0.717) is 23.2 Å². The van der Waals surface area contributed by atoms with Crippen LogP contribution in [-0.2, 0) is 14.3 Å². The van der Waals surface area contributed by atoms with E-state index in [1.165, 1.54) is 17.3 Å². The number of allylic oxidation sites excluding steroid dienone is 1. The monoisotopic (exact) mass is 453 g/mol. The van der Waals surface area contributed by atoms with Crippen molar-refractivity contribution < 1.29 is 14.3 Å². The third-order valence-corrected chi connectivity index (χ3v) is 6.66. The van der Waals surface area contributed by atoms with Crippen molar-refractivity contribution in [2.75, 3.05) is 0 Å². The number of carbonyl (C=O) groups is 2. The van der Waals surface area contributed by atoms with Crippen molar-refractivity contribution in [2.45, 2.75) is 78.0 Å². The van der Waals surface area contributed by atoms with Crippen LogP contribution in [0, 0.1) is 0 Å². The van der Waals surface area contributed by atoms with Crippen molar-refractivity contribution in [3.8, 4) is 0 Å². The Morgan fingerprint density at radius 3 is 2.47 bits per heavy atom. The summed E-state index contributed by atoms with van der Waals surface area (Å²) < 4.78 is 5.60. The predicted octanol–water partition coefficient (Wildman–Crippen LogP) is 5.01. The van der Waals surface area contributed by atoms with Crippen molar-refractivity contribution in [2.24, 2.45) is 4.99 Å². The number of nitrogens with zero attached hydrogens (tertiary/aromatic N) is 2. The van der Waals surface area contributed by atoms with Crippen LogP contribution in [0.3, 0.4) is 0 Å². The number of rotatable bonds is 7. The molecule has 4 rings (SSSR count). The van der Waals surface area contributed by atoms with Gasteiger partial charge in [-0.2, -0.15) is 0 Å². The molecule has 1 fully saturated rings. The number of amidine groups is 1. The van der Waals surface area contributed by atoms with Gasteiger partial charge in [-0.25, -0.2) is 9.79 Å². The van der Waals surface area contributed by atoms with E-state index in [2.05, 4.69) is 43.4 Å². The lowest BCUT2D eigenvalue weighted by Gasteiger charge is -2.36. The van der Waals surface area contributed by atoms with Gasteiger partial charge in [-0.1, -0.05) is 49.9 Å². The molecule has 1 N–H and O–H groups in total. The minimum atomic E-state index is -0.384. The number of carbonyl (C=O) groups excluding carboxylic acids is 2. The lowest BCUT2D eigenvalue weighted by atomic mass is 9.92. The van der Waals surface area contributed by atoms with Crippen LogP contribution >= 0.6 is 11.8 Å². The molecule has 2 heterocycles. The fourth-order valence-electron chi connectivity index (χ4n) is 3.96. The molecule has 2 aliphatic heterocycles. The quantitative estimate of drug-likeness (QED) is 0.588. The molecule has 0 unspecified atom stereocenters. The summed E-state index contributed by atoms with van der Waals surface area (Å²) in [6, 6.07) is 8.29. The largest absolute Gasteiger partial charge is 0.459 e. The molecule has 0 aromatic heterocycles. The first-order valence-corrected chi connectivity index (χ1v) is 12.2. The molecule has 0 saturated heterocycles. The third kappa shape index (κ3) is 4.77. The van der Waals surface area contributed by atoms with Gasteiger partial charge in [-0.15, -0.1) is 0 Å². The molecule has 7 heteroatoms. The molecule has 1 saturated carbocycles. The van der Waals surface area contributed by atoms with E-state index in [-0.39, 0.29) is 30.4 Å². The average molecular weight is 454 g/mol. The summed E-state index contributed by atoms with van der Waals surface area (Å²) in [6.07, 6.45) is 2.13. The van der Waals surface area contributed by atoms with Crippen LogP contribution in [0.25, 0.3) is 0 Å². The molecular weight excluding hydrogens is 422 g/mol. The maximum absolute atomic E-state index is 13.2. The van der Waals surface area contributed by atoms with Crippen molar-refractivity contribution in [1.82, 2.24) is 10.2 Å². The molecule has 1 aliphatic carbocycles. The second-order valence-corrected chi connectivity index (χ2v) is 10.0. The number of fused-ring (bicyclic) bond motifs is 1. The standard InChI is InChI=1S/C25H31N3O3S/c1-14(2)17-6-8-18(9-7-17)23-22(24(30)31-15(3)4)16(5)26-25-28(23)20(13-32-25)12-21(29)27-19-10-11-19/h6-9,13-15,19,23H,10-12H2,1-5H3,(H,27,29)/t23-/m0/s1. The molecule has 6 nitrogen and oxygen atoms in total. The number of ether oxygens (including phenoxy) is 1. The van der Waals surface area contributed by atoms with E-state index in [1.54, 1.807) is 0 Å². The first kappa shape index (κ1) is 22.6. The maximum Gasteiger partial charge on any atom is 0.338 e. The number of hydrogen-bond donors (Lipinski definition) is 1. The van der Waals surface area contributed by atoms with E-state index in [0.717, 1.165) is 29.3 Å². The summed E-state index contributed by atoms with van der Waals surface area (Å²) in [5.74, 6) is 0.0584. The second kappa shape index (κ2) is 9.14. The molecule has 32 heavy (non-hydrogen) atoms. The van der Waals surface area contributed by atoms with Crippen LogP contribution < -0.4 is 5.32 Å². The molecule has 1 aromatic carbocycles. The Morgan fingerprint density at radius 1 is 1.19 bits per heavy atom. The minimum absolute atomic E-state index is 0.00656. The number of hydrogen-bond acceptors (Lipinski definition) is 6. The maximum atomic E-state index is 13.2. The number of nitrogens with one attached hydrogen (secondary N) is 1. The number of thioether (sulfide) groups is 1. The summed E-state index contributed by atoms with van der Waals surface area (Å²) in [6.45, 7) is 9.86. The first-order chi connectivity index (χ1) is 15.2. The normalized spacial score (nSPS) is 20.3. The molecule has 1 atom stereocenters. The van der Waals surface area contributed by atoms with Crippen LogP contribution in [-0.4, -0.2) is 34.1 Å². The van der Waals surface area contributed by atoms with Gasteiger partial charge < -0.3 is 15.0 Å². The van der Waals surface area contributed by atoms with Crippen LogP contribution in [0.1, 0.15) is 77.0 Å². The van der Waals surface area contributed by atoms with Crippen LogP contribution in [0.5, 0.6) is 0 Å². The lowest BCUT2D eigenvalue weighted by Crippen LogP contribution is -2.38. The average Bonchev–Trinajstić information content (AvgIpc) is 3.45. The Kier molecular flexibility index (Phi) is 6.47. The van der Waals surface area contributed by atoms with Crippen molar-refractivity contribution in [1.29, 1.82) is 0 Å². The Labute approximate surface area is 194 Å². The highest BCUT2D eigenvalue weighted by Gasteiger charge is 2.41. The van der Waals surface area contributed by atoms with E-state index >= 15 is 0 Å². The summed E-state index contributed by atoms with van der Waals surface area (Å²) in [5.41, 5.74) is 4.25. The third-order valence-electron chi connectivity index (χ3n) is 5.77. The predicted molar refractivity (Wildman–Crippen MR) is 128 cm³/mol. The Hall–Kier alpha value is -2.54. The summed E-state index contributed by atoms with van der Waals surface area (Å²) in [7, 11) is 0.